The molecule has 162 valence electrons. The monoisotopic (exact) mass is 425 g/mol. The van der Waals surface area contributed by atoms with Gasteiger partial charge in [-0.3, -0.25) is 9.69 Å². The normalized spacial score (nSPS) is 19.9. The van der Waals surface area contributed by atoms with Gasteiger partial charge in [0.1, 0.15) is 11.4 Å². The maximum absolute atomic E-state index is 12.5. The zero-order valence-corrected chi connectivity index (χ0v) is 18.4. The number of sulfone groups is 1. The third-order valence-corrected chi connectivity index (χ3v) is 5.28. The minimum absolute atomic E-state index is 0.209. The van der Waals surface area contributed by atoms with Crippen molar-refractivity contribution < 1.29 is 27.5 Å². The van der Waals surface area contributed by atoms with E-state index in [4.69, 9.17) is 9.47 Å². The molecule has 0 aliphatic carbocycles. The Hall–Kier alpha value is -1.93. The molecule has 2 rings (SSSR count). The Morgan fingerprint density at radius 1 is 1.17 bits per heavy atom. The third-order valence-electron chi connectivity index (χ3n) is 4.47. The number of Topliss-reactive ketones (excluding diaryl/α,β-unsaturated/α-hetero) is 1. The Kier molecular flexibility index (Phi) is 7.82. The number of amides is 1. The molecule has 8 heteroatoms. The number of aryl methyl sites for hydroxylation is 1. The molecule has 1 saturated heterocycles. The molecule has 0 spiro atoms. The number of hydrogen-bond donors (Lipinski definition) is 0. The quantitative estimate of drug-likeness (QED) is 0.595. The summed E-state index contributed by atoms with van der Waals surface area (Å²) in [7, 11) is -3.48. The zero-order valence-electron chi connectivity index (χ0n) is 17.6. The number of likely N-dealkylation sites (tertiary alicyclic amines) is 1. The van der Waals surface area contributed by atoms with Crippen LogP contribution in [0, 0.1) is 0 Å². The second-order valence-corrected chi connectivity index (χ2v) is 10.6. The molecular weight excluding hydrogens is 394 g/mol. The molecule has 0 aromatic heterocycles. The summed E-state index contributed by atoms with van der Waals surface area (Å²) < 4.78 is 34.4. The van der Waals surface area contributed by atoms with Gasteiger partial charge in [0.15, 0.2) is 15.6 Å². The van der Waals surface area contributed by atoms with Gasteiger partial charge in [0.2, 0.25) is 0 Å². The highest BCUT2D eigenvalue weighted by Crippen LogP contribution is 2.24. The van der Waals surface area contributed by atoms with Gasteiger partial charge < -0.3 is 9.47 Å². The standard InChI is InChI=1S/C21H31NO6S/c1-21(2,3)28-20(24)22-14-17(13-18(22)19(23)15-29(4,25)26)27-12-8-11-16-9-6-5-7-10-16/h5-7,9-10,17-18H,8,11-15H2,1-4H3/t17-,18-/m0/s1. The van der Waals surface area contributed by atoms with Crippen molar-refractivity contribution in [1.29, 1.82) is 0 Å². The molecule has 7 nitrogen and oxygen atoms in total. The van der Waals surface area contributed by atoms with E-state index in [1.807, 2.05) is 18.2 Å². The van der Waals surface area contributed by atoms with Crippen molar-refractivity contribution in [1.82, 2.24) is 4.90 Å². The number of carbonyl (C=O) groups excluding carboxylic acids is 2. The molecule has 1 aliphatic rings. The maximum atomic E-state index is 12.5. The molecule has 0 unspecified atom stereocenters. The van der Waals surface area contributed by atoms with E-state index in [0.717, 1.165) is 19.1 Å². The van der Waals surface area contributed by atoms with Crippen LogP contribution in [0.3, 0.4) is 0 Å². The van der Waals surface area contributed by atoms with E-state index in [2.05, 4.69) is 12.1 Å². The van der Waals surface area contributed by atoms with Crippen LogP contribution in [0.1, 0.15) is 39.2 Å². The average molecular weight is 426 g/mol. The van der Waals surface area contributed by atoms with Gasteiger partial charge in [0.05, 0.1) is 18.7 Å². The van der Waals surface area contributed by atoms with E-state index in [9.17, 15) is 18.0 Å². The first-order valence-corrected chi connectivity index (χ1v) is 11.9. The first-order chi connectivity index (χ1) is 13.4. The number of nitrogens with zero attached hydrogens (tertiary/aromatic N) is 1. The van der Waals surface area contributed by atoms with Crippen LogP contribution in [-0.4, -0.2) is 68.1 Å². The molecule has 2 atom stereocenters. The summed E-state index contributed by atoms with van der Waals surface area (Å²) >= 11 is 0. The molecule has 1 aliphatic heterocycles. The van der Waals surface area contributed by atoms with Gasteiger partial charge in [0, 0.05) is 19.3 Å². The molecule has 1 aromatic rings. The van der Waals surface area contributed by atoms with Gasteiger partial charge in [0.25, 0.3) is 0 Å². The topological polar surface area (TPSA) is 90.0 Å². The van der Waals surface area contributed by atoms with E-state index in [-0.39, 0.29) is 19.1 Å². The van der Waals surface area contributed by atoms with Crippen molar-refractivity contribution in [2.45, 2.75) is 57.8 Å². The number of ketones is 1. The van der Waals surface area contributed by atoms with Crippen molar-refractivity contribution in [2.75, 3.05) is 25.2 Å². The summed E-state index contributed by atoms with van der Waals surface area (Å²) in [5, 5.41) is 0. The van der Waals surface area contributed by atoms with Gasteiger partial charge in [-0.25, -0.2) is 13.2 Å². The van der Waals surface area contributed by atoms with Gasteiger partial charge in [-0.1, -0.05) is 30.3 Å². The summed E-state index contributed by atoms with van der Waals surface area (Å²) in [6.45, 7) is 5.93. The van der Waals surface area contributed by atoms with E-state index in [1.165, 1.54) is 10.5 Å². The highest BCUT2D eigenvalue weighted by molar-refractivity contribution is 7.91. The molecule has 0 saturated carbocycles. The number of rotatable bonds is 8. The minimum Gasteiger partial charge on any atom is -0.444 e. The summed E-state index contributed by atoms with van der Waals surface area (Å²) in [5.74, 6) is -1.11. The zero-order chi connectivity index (χ0) is 21.7. The molecule has 0 radical (unpaired) electrons. The van der Waals surface area contributed by atoms with E-state index in [0.29, 0.717) is 6.61 Å². The van der Waals surface area contributed by atoms with Crippen molar-refractivity contribution >= 4 is 21.7 Å². The first kappa shape index (κ1) is 23.3. The Bertz CT molecular complexity index is 800. The largest absolute Gasteiger partial charge is 0.444 e. The highest BCUT2D eigenvalue weighted by atomic mass is 32.2. The summed E-state index contributed by atoms with van der Waals surface area (Å²) in [4.78, 5) is 26.4. The second kappa shape index (κ2) is 9.71. The third kappa shape index (κ3) is 8.14. The van der Waals surface area contributed by atoms with Crippen molar-refractivity contribution in [3.8, 4) is 0 Å². The van der Waals surface area contributed by atoms with Gasteiger partial charge in [-0.05, 0) is 39.2 Å². The van der Waals surface area contributed by atoms with Crippen LogP contribution in [0.2, 0.25) is 0 Å². The number of carbonyl (C=O) groups is 2. The van der Waals surface area contributed by atoms with Crippen molar-refractivity contribution in [3.05, 3.63) is 35.9 Å². The fourth-order valence-electron chi connectivity index (χ4n) is 3.27. The lowest BCUT2D eigenvalue weighted by Gasteiger charge is -2.27. The van der Waals surface area contributed by atoms with Crippen LogP contribution in [0.25, 0.3) is 0 Å². The molecule has 0 bridgehead atoms. The predicted molar refractivity (Wildman–Crippen MR) is 111 cm³/mol. The summed E-state index contributed by atoms with van der Waals surface area (Å²) in [5.41, 5.74) is 0.509. The Balaban J connectivity index is 1.96. The number of ether oxygens (including phenoxy) is 2. The van der Waals surface area contributed by atoms with Crippen LogP contribution in [-0.2, 0) is 30.5 Å². The highest BCUT2D eigenvalue weighted by Gasteiger charge is 2.42. The number of hydrogen-bond acceptors (Lipinski definition) is 6. The van der Waals surface area contributed by atoms with Crippen molar-refractivity contribution in [3.63, 3.8) is 0 Å². The first-order valence-electron chi connectivity index (χ1n) is 9.80. The molecule has 0 N–H and O–H groups in total. The minimum atomic E-state index is -3.48. The van der Waals surface area contributed by atoms with Crippen LogP contribution in [0.4, 0.5) is 4.79 Å². The Morgan fingerprint density at radius 3 is 2.41 bits per heavy atom. The van der Waals surface area contributed by atoms with E-state index >= 15 is 0 Å². The fourth-order valence-corrected chi connectivity index (χ4v) is 3.98. The fraction of sp³-hybridized carbons (Fsp3) is 0.619. The lowest BCUT2D eigenvalue weighted by molar-refractivity contribution is -0.120. The van der Waals surface area contributed by atoms with Gasteiger partial charge in [-0.15, -0.1) is 0 Å². The van der Waals surface area contributed by atoms with Gasteiger partial charge in [-0.2, -0.15) is 0 Å². The smallest absolute Gasteiger partial charge is 0.410 e. The molecule has 1 aromatic carbocycles. The summed E-state index contributed by atoms with van der Waals surface area (Å²) in [6.07, 6.45) is 2.02. The molecule has 1 fully saturated rings. The lowest BCUT2D eigenvalue weighted by Crippen LogP contribution is -2.45. The average Bonchev–Trinajstić information content (AvgIpc) is 3.01. The van der Waals surface area contributed by atoms with Gasteiger partial charge >= 0.3 is 6.09 Å². The SMILES string of the molecule is CC(C)(C)OC(=O)N1C[C@@H](OCCCc2ccccc2)C[C@H]1C(=O)CS(C)(=O)=O. The molecule has 1 amide bonds. The van der Waals surface area contributed by atoms with Crippen LogP contribution >= 0.6 is 0 Å². The van der Waals surface area contributed by atoms with E-state index < -0.39 is 39.1 Å². The summed E-state index contributed by atoms with van der Waals surface area (Å²) in [6, 6.07) is 9.21. The van der Waals surface area contributed by atoms with Crippen LogP contribution in [0.5, 0.6) is 0 Å². The predicted octanol–water partition coefficient (Wildman–Crippen LogP) is 2.63. The second-order valence-electron chi connectivity index (χ2n) is 8.50. The van der Waals surface area contributed by atoms with E-state index in [1.54, 1.807) is 20.8 Å². The Labute approximate surface area is 173 Å². The van der Waals surface area contributed by atoms with Crippen LogP contribution < -0.4 is 0 Å². The number of benzene rings is 1. The molecule has 29 heavy (non-hydrogen) atoms. The lowest BCUT2D eigenvalue weighted by atomic mass is 10.1. The Morgan fingerprint density at radius 2 is 1.83 bits per heavy atom. The van der Waals surface area contributed by atoms with Crippen molar-refractivity contribution in [2.24, 2.45) is 0 Å². The molecular formula is C21H31NO6S. The molecule has 1 heterocycles. The maximum Gasteiger partial charge on any atom is 0.410 e. The van der Waals surface area contributed by atoms with Crippen LogP contribution in [0.15, 0.2) is 30.3 Å².